The maximum Gasteiger partial charge on any atom is 0.327 e. The second-order valence-electron chi connectivity index (χ2n) is 3.23. The molecule has 106 valence electrons. The maximum absolute atomic E-state index is 10.7. The Morgan fingerprint density at radius 3 is 2.00 bits per heavy atom. The predicted molar refractivity (Wildman–Crippen MR) is 69.4 cm³/mol. The van der Waals surface area contributed by atoms with Crippen molar-refractivity contribution in [2.45, 2.75) is 13.8 Å². The van der Waals surface area contributed by atoms with Crippen molar-refractivity contribution in [2.75, 3.05) is 40.4 Å². The summed E-state index contributed by atoms with van der Waals surface area (Å²) in [5.74, 6) is -0.631. The summed E-state index contributed by atoms with van der Waals surface area (Å²) in [5.41, 5.74) is 4.88. The van der Waals surface area contributed by atoms with Gasteiger partial charge < -0.3 is 20.1 Å². The summed E-state index contributed by atoms with van der Waals surface area (Å²) in [5, 5.41) is 0. The lowest BCUT2D eigenvalue weighted by Gasteiger charge is -2.01. The molecule has 0 aromatic heterocycles. The van der Waals surface area contributed by atoms with Gasteiger partial charge in [-0.1, -0.05) is 0 Å². The summed E-state index contributed by atoms with van der Waals surface area (Å²) >= 11 is 0. The summed E-state index contributed by atoms with van der Waals surface area (Å²) in [6.07, 6.45) is 1.58. The lowest BCUT2D eigenvalue weighted by molar-refractivity contribution is -0.142. The van der Waals surface area contributed by atoms with Gasteiger partial charge in [0.15, 0.2) is 0 Å². The zero-order valence-corrected chi connectivity index (χ0v) is 11.5. The van der Waals surface area contributed by atoms with E-state index in [9.17, 15) is 9.59 Å². The molecule has 0 atom stereocenters. The highest BCUT2D eigenvalue weighted by Crippen LogP contribution is 1.78. The number of hydrogen-bond acceptors (Lipinski definition) is 6. The first kappa shape index (κ1) is 18.7. The zero-order chi connectivity index (χ0) is 14.4. The van der Waals surface area contributed by atoms with E-state index in [1.165, 1.54) is 0 Å². The molecule has 0 bridgehead atoms. The van der Waals surface area contributed by atoms with E-state index in [2.05, 4.69) is 14.5 Å². The average molecular weight is 261 g/mol. The van der Waals surface area contributed by atoms with Crippen molar-refractivity contribution in [1.29, 1.82) is 0 Å². The first-order chi connectivity index (χ1) is 8.47. The Bertz CT molecular complexity index is 255. The van der Waals surface area contributed by atoms with Crippen LogP contribution in [0.3, 0.4) is 0 Å². The number of ether oxygens (including phenoxy) is 2. The third-order valence-corrected chi connectivity index (χ3v) is 1.31. The second-order valence-corrected chi connectivity index (χ2v) is 3.23. The van der Waals surface area contributed by atoms with Gasteiger partial charge in [0.2, 0.25) is 0 Å². The van der Waals surface area contributed by atoms with Gasteiger partial charge in [-0.3, -0.25) is 14.6 Å². The van der Waals surface area contributed by atoms with Crippen LogP contribution < -0.4 is 5.73 Å². The Kier molecular flexibility index (Phi) is 14.0. The van der Waals surface area contributed by atoms with Crippen molar-refractivity contribution in [3.8, 4) is 0 Å². The Morgan fingerprint density at radius 1 is 1.17 bits per heavy atom. The van der Waals surface area contributed by atoms with Gasteiger partial charge in [-0.25, -0.2) is 0 Å². The third-order valence-electron chi connectivity index (χ3n) is 1.31. The molecule has 0 aromatic carbocycles. The molecule has 0 aliphatic carbocycles. The lowest BCUT2D eigenvalue weighted by atomic mass is 10.7. The standard InChI is InChI=1S/C7H14N2O2.C4H9NO2/c1-4-11-7(10)5-8-6-9(2)3;1-2-7-4(6)3-5/h6H,4-5H2,1-3H3;2-3,5H2,1H3. The summed E-state index contributed by atoms with van der Waals surface area (Å²) in [6.45, 7) is 4.42. The van der Waals surface area contributed by atoms with Gasteiger partial charge in [0, 0.05) is 14.1 Å². The number of nitrogens with two attached hydrogens (primary N) is 1. The van der Waals surface area contributed by atoms with Crippen LogP contribution in [-0.4, -0.2) is 63.6 Å². The Morgan fingerprint density at radius 2 is 1.67 bits per heavy atom. The minimum absolute atomic E-state index is 0.0200. The molecule has 0 aliphatic rings. The van der Waals surface area contributed by atoms with Gasteiger partial charge in [-0.2, -0.15) is 0 Å². The van der Waals surface area contributed by atoms with Crippen LogP contribution in [-0.2, 0) is 19.1 Å². The maximum atomic E-state index is 10.7. The van der Waals surface area contributed by atoms with Crippen molar-refractivity contribution >= 4 is 18.3 Å². The molecule has 18 heavy (non-hydrogen) atoms. The number of hydrogen-bond donors (Lipinski definition) is 1. The zero-order valence-electron chi connectivity index (χ0n) is 11.5. The minimum atomic E-state index is -0.345. The molecule has 0 amide bonds. The van der Waals surface area contributed by atoms with E-state index in [1.54, 1.807) is 25.1 Å². The molecular weight excluding hydrogens is 238 g/mol. The van der Waals surface area contributed by atoms with Crippen molar-refractivity contribution in [3.05, 3.63) is 0 Å². The Labute approximate surface area is 108 Å². The Balaban J connectivity index is 0. The van der Waals surface area contributed by atoms with E-state index in [1.807, 2.05) is 14.1 Å². The number of nitrogens with zero attached hydrogens (tertiary/aromatic N) is 2. The summed E-state index contributed by atoms with van der Waals surface area (Å²) < 4.78 is 9.08. The quantitative estimate of drug-likeness (QED) is 0.399. The first-order valence-corrected chi connectivity index (χ1v) is 5.65. The largest absolute Gasteiger partial charge is 0.465 e. The van der Waals surface area contributed by atoms with Gasteiger partial charge in [0.1, 0.15) is 6.54 Å². The van der Waals surface area contributed by atoms with E-state index >= 15 is 0 Å². The van der Waals surface area contributed by atoms with E-state index in [-0.39, 0.29) is 25.0 Å². The summed E-state index contributed by atoms with van der Waals surface area (Å²) in [4.78, 5) is 26.3. The van der Waals surface area contributed by atoms with Crippen LogP contribution >= 0.6 is 0 Å². The van der Waals surface area contributed by atoms with Crippen LogP contribution in [0.1, 0.15) is 13.8 Å². The van der Waals surface area contributed by atoms with E-state index in [0.717, 1.165) is 0 Å². The fourth-order valence-corrected chi connectivity index (χ4v) is 0.705. The van der Waals surface area contributed by atoms with E-state index in [0.29, 0.717) is 13.2 Å². The average Bonchev–Trinajstić information content (AvgIpc) is 2.30. The first-order valence-electron chi connectivity index (χ1n) is 5.65. The van der Waals surface area contributed by atoms with Gasteiger partial charge in [-0.05, 0) is 13.8 Å². The van der Waals surface area contributed by atoms with Gasteiger partial charge in [0.25, 0.3) is 0 Å². The molecule has 0 aromatic rings. The topological polar surface area (TPSA) is 94.2 Å². The van der Waals surface area contributed by atoms with Crippen LogP contribution in [0.2, 0.25) is 0 Å². The fourth-order valence-electron chi connectivity index (χ4n) is 0.705. The predicted octanol–water partition coefficient (Wildman–Crippen LogP) is -0.352. The lowest BCUT2D eigenvalue weighted by Crippen LogP contribution is -2.16. The molecule has 7 nitrogen and oxygen atoms in total. The molecule has 0 aliphatic heterocycles. The summed E-state index contributed by atoms with van der Waals surface area (Å²) in [7, 11) is 3.68. The molecule has 0 heterocycles. The summed E-state index contributed by atoms with van der Waals surface area (Å²) in [6, 6.07) is 0. The molecule has 0 unspecified atom stereocenters. The molecular formula is C11H23N3O4. The molecule has 2 N–H and O–H groups in total. The van der Waals surface area contributed by atoms with Crippen LogP contribution in [0, 0.1) is 0 Å². The highest BCUT2D eigenvalue weighted by Gasteiger charge is 1.96. The number of carbonyl (C=O) groups excluding carboxylic acids is 2. The van der Waals surface area contributed by atoms with Gasteiger partial charge in [-0.15, -0.1) is 0 Å². The normalized spacial score (nSPS) is 9.39. The van der Waals surface area contributed by atoms with Crippen LogP contribution in [0.25, 0.3) is 0 Å². The van der Waals surface area contributed by atoms with Gasteiger partial charge in [0.05, 0.1) is 26.1 Å². The second kappa shape index (κ2) is 13.4. The molecule has 0 saturated heterocycles. The van der Waals surface area contributed by atoms with Crippen LogP contribution in [0.5, 0.6) is 0 Å². The van der Waals surface area contributed by atoms with E-state index in [4.69, 9.17) is 5.73 Å². The number of carbonyl (C=O) groups is 2. The third kappa shape index (κ3) is 16.8. The molecule has 7 heteroatoms. The molecule has 0 radical (unpaired) electrons. The minimum Gasteiger partial charge on any atom is -0.465 e. The molecule has 0 spiro atoms. The van der Waals surface area contributed by atoms with Crippen molar-refractivity contribution in [2.24, 2.45) is 10.7 Å². The smallest absolute Gasteiger partial charge is 0.327 e. The number of esters is 2. The monoisotopic (exact) mass is 261 g/mol. The molecule has 0 rings (SSSR count). The number of rotatable bonds is 6. The molecule has 0 fully saturated rings. The fraction of sp³-hybridized carbons (Fsp3) is 0.727. The van der Waals surface area contributed by atoms with Crippen LogP contribution in [0.4, 0.5) is 0 Å². The van der Waals surface area contributed by atoms with Crippen molar-refractivity contribution < 1.29 is 19.1 Å². The van der Waals surface area contributed by atoms with Crippen LogP contribution in [0.15, 0.2) is 4.99 Å². The van der Waals surface area contributed by atoms with Crippen molar-refractivity contribution in [1.82, 2.24) is 4.90 Å². The Hall–Kier alpha value is -1.63. The van der Waals surface area contributed by atoms with E-state index < -0.39 is 0 Å². The highest BCUT2D eigenvalue weighted by molar-refractivity contribution is 5.73. The molecule has 0 saturated carbocycles. The number of aliphatic imine (C=N–C) groups is 1. The van der Waals surface area contributed by atoms with Gasteiger partial charge >= 0.3 is 11.9 Å². The van der Waals surface area contributed by atoms with Crippen molar-refractivity contribution in [3.63, 3.8) is 0 Å². The highest BCUT2D eigenvalue weighted by atomic mass is 16.5. The SMILES string of the molecule is CCOC(=O)CN.CCOC(=O)CN=CN(C)C.